The van der Waals surface area contributed by atoms with Gasteiger partial charge >= 0.3 is 22.9 Å². The number of likely N-dealkylation sites (tertiary alicyclic amines) is 1. The summed E-state index contributed by atoms with van der Waals surface area (Å²) in [5.41, 5.74) is 0. The van der Waals surface area contributed by atoms with Crippen LogP contribution in [0, 0.1) is 0 Å². The molecule has 1 saturated heterocycles. The molecule has 31 heavy (non-hydrogen) atoms. The first-order valence-corrected chi connectivity index (χ1v) is 11.3. The summed E-state index contributed by atoms with van der Waals surface area (Å²) in [4.78, 5) is 0. The number of rotatable bonds is 6. The fourth-order valence-electron chi connectivity index (χ4n) is 2.55. The van der Waals surface area contributed by atoms with E-state index in [9.17, 15) is 60.7 Å². The number of piperidine rings is 1. The van der Waals surface area contributed by atoms with Crippen LogP contribution in [0.25, 0.3) is 4.13 Å². The fraction of sp³-hybridized carbons (Fsp3) is 1.00. The van der Waals surface area contributed by atoms with Crippen LogP contribution in [-0.4, -0.2) is 70.9 Å². The summed E-state index contributed by atoms with van der Waals surface area (Å²) in [5.74, 6) is 0. The first-order valence-electron chi connectivity index (χ1n) is 8.43. The molecule has 188 valence electrons. The molecule has 0 aliphatic carbocycles. The third-order valence-electron chi connectivity index (χ3n) is 4.16. The molecule has 1 aliphatic heterocycles. The van der Waals surface area contributed by atoms with E-state index < -0.39 is 42.9 Å². The van der Waals surface area contributed by atoms with Crippen LogP contribution in [0.15, 0.2) is 0 Å². The van der Waals surface area contributed by atoms with Crippen LogP contribution in [0.3, 0.4) is 0 Å². The van der Waals surface area contributed by atoms with Gasteiger partial charge < -0.3 is 8.61 Å². The Kier molecular flexibility index (Phi) is 9.27. The van der Waals surface area contributed by atoms with Gasteiger partial charge in [0.25, 0.3) is 0 Å². The van der Waals surface area contributed by atoms with Gasteiger partial charge in [-0.1, -0.05) is 6.92 Å². The summed E-state index contributed by atoms with van der Waals surface area (Å²) in [6.07, 6.45) is -8.28. The molecular weight excluding hydrogens is 502 g/mol. The van der Waals surface area contributed by atoms with E-state index >= 15 is 0 Å². The first kappa shape index (κ1) is 30.1. The first-order chi connectivity index (χ1) is 13.5. The highest BCUT2D eigenvalue weighted by Gasteiger charge is 2.68. The van der Waals surface area contributed by atoms with E-state index in [4.69, 9.17) is 0 Å². The average Bonchev–Trinajstić information content (AvgIpc) is 2.52. The number of quaternary nitrogens is 1. The lowest BCUT2D eigenvalue weighted by atomic mass is 10.1. The van der Waals surface area contributed by atoms with Crippen LogP contribution >= 0.6 is 0 Å². The molecule has 0 aromatic rings. The minimum absolute atomic E-state index is 0.422. The highest BCUT2D eigenvalue weighted by Crippen LogP contribution is 2.47. The van der Waals surface area contributed by atoms with Crippen LogP contribution in [0.5, 0.6) is 0 Å². The fourth-order valence-corrected chi connectivity index (χ4v) is 4.92. The Balaban J connectivity index is 0.000000743. The monoisotopic (exact) mass is 522 g/mol. The van der Waals surface area contributed by atoms with E-state index in [-0.39, 0.29) is 0 Å². The summed E-state index contributed by atoms with van der Waals surface area (Å²) < 4.78 is 162. The predicted octanol–water partition coefficient (Wildman–Crippen LogP) is 4.36. The second kappa shape index (κ2) is 9.54. The maximum Gasteiger partial charge on any atom is 0.467 e. The zero-order valence-electron chi connectivity index (χ0n) is 16.1. The third-order valence-corrected chi connectivity index (χ3v) is 7.49. The zero-order valence-corrected chi connectivity index (χ0v) is 17.7. The van der Waals surface area contributed by atoms with Crippen LogP contribution < -0.4 is 0 Å². The maximum absolute atomic E-state index is 12.3. The molecule has 1 aliphatic rings. The van der Waals surface area contributed by atoms with Crippen molar-refractivity contribution in [1.29, 1.82) is 0 Å². The smallest absolute Gasteiger partial charge is 0.425 e. The van der Waals surface area contributed by atoms with E-state index in [1.54, 1.807) is 0 Å². The van der Waals surface area contributed by atoms with Crippen molar-refractivity contribution in [2.45, 2.75) is 55.5 Å². The van der Waals surface area contributed by atoms with E-state index in [0.29, 0.717) is 4.13 Å². The number of halogens is 10. The van der Waals surface area contributed by atoms with Crippen molar-refractivity contribution in [3.05, 3.63) is 4.13 Å². The number of hydrogen-bond acceptors (Lipinski definition) is 4. The number of sulfonamides is 2. The molecule has 1 fully saturated rings. The van der Waals surface area contributed by atoms with Crippen molar-refractivity contribution in [2.24, 2.45) is 0 Å². The van der Waals surface area contributed by atoms with E-state index in [1.165, 1.54) is 49.8 Å². The Labute approximate surface area is 172 Å². The molecule has 0 amide bonds. The largest absolute Gasteiger partial charge is 0.467 e. The molecule has 0 aromatic carbocycles. The molecule has 0 unspecified atom stereocenters. The van der Waals surface area contributed by atoms with Gasteiger partial charge in [-0.3, -0.25) is 0 Å². The van der Waals surface area contributed by atoms with Crippen molar-refractivity contribution >= 4 is 20.0 Å². The molecule has 0 radical (unpaired) electrons. The van der Waals surface area contributed by atoms with Crippen molar-refractivity contribution in [2.75, 3.05) is 26.7 Å². The molecule has 1 heterocycles. The van der Waals surface area contributed by atoms with Gasteiger partial charge in [0, 0.05) is 0 Å². The summed E-state index contributed by atoms with van der Waals surface area (Å²) in [6, 6.07) is 0. The molecule has 1 rings (SSSR count). The molecule has 6 nitrogen and oxygen atoms in total. The Hall–Kier alpha value is -0.880. The Morgan fingerprint density at radius 1 is 0.710 bits per heavy atom. The Bertz CT molecular complexity index is 742. The normalized spacial score (nSPS) is 18.8. The zero-order chi connectivity index (χ0) is 25.2. The van der Waals surface area contributed by atoms with Crippen molar-refractivity contribution in [1.82, 2.24) is 0 Å². The molecule has 0 saturated carbocycles. The predicted molar refractivity (Wildman–Crippen MR) is 88.1 cm³/mol. The van der Waals surface area contributed by atoms with Gasteiger partial charge in [-0.25, -0.2) is 16.8 Å². The van der Waals surface area contributed by atoms with Crippen LogP contribution in [-0.2, 0) is 20.0 Å². The highest BCUT2D eigenvalue weighted by atomic mass is 32.3. The SMILES string of the molecule is CCC[N+]1(C)CCCCC1.O=S(=O)([N-]S(=O)(=O)C(F)(F)C(F)(F)F)C(F)(F)C(F)(F)F. The van der Waals surface area contributed by atoms with Crippen molar-refractivity contribution in [3.63, 3.8) is 0 Å². The number of alkyl halides is 10. The quantitative estimate of drug-likeness (QED) is 0.384. The van der Waals surface area contributed by atoms with E-state index in [2.05, 4.69) is 14.0 Å². The van der Waals surface area contributed by atoms with Gasteiger partial charge in [0.15, 0.2) is 20.0 Å². The molecule has 0 spiro atoms. The Morgan fingerprint density at radius 2 is 1.03 bits per heavy atom. The Morgan fingerprint density at radius 3 is 1.29 bits per heavy atom. The van der Waals surface area contributed by atoms with E-state index in [0.717, 1.165) is 0 Å². The van der Waals surface area contributed by atoms with Gasteiger partial charge in [0.05, 0.1) is 26.7 Å². The van der Waals surface area contributed by atoms with Gasteiger partial charge in [-0.2, -0.15) is 43.9 Å². The standard InChI is InChI=1S/C9H20N.C4F10NO4S2/c1-3-7-10(2)8-5-4-6-9-10;5-1(6,7)3(11,12)20(16,17)15-21(18,19)4(13,14)2(8,9)10/h3-9H2,1-2H3;/q+1;-1. The minimum Gasteiger partial charge on any atom is -0.425 e. The maximum atomic E-state index is 12.3. The third kappa shape index (κ3) is 7.05. The average molecular weight is 522 g/mol. The minimum atomic E-state index is -7.62. The summed E-state index contributed by atoms with van der Waals surface area (Å²) in [7, 11) is -12.8. The van der Waals surface area contributed by atoms with Crippen LogP contribution in [0.4, 0.5) is 43.9 Å². The second-order valence-corrected chi connectivity index (χ2v) is 10.4. The van der Waals surface area contributed by atoms with Crippen molar-refractivity contribution < 1.29 is 65.2 Å². The summed E-state index contributed by atoms with van der Waals surface area (Å²) in [6.45, 7) is 6.53. The number of nitrogens with zero attached hydrogens (tertiary/aromatic N) is 2. The lowest BCUT2D eigenvalue weighted by Gasteiger charge is -2.37. The topological polar surface area (TPSA) is 82.4 Å². The summed E-state index contributed by atoms with van der Waals surface area (Å²) in [5, 5.41) is -14.0. The van der Waals surface area contributed by atoms with Gasteiger partial charge in [-0.15, -0.1) is 0 Å². The van der Waals surface area contributed by atoms with Gasteiger partial charge in [0.1, 0.15) is 0 Å². The van der Waals surface area contributed by atoms with Crippen LogP contribution in [0.2, 0.25) is 0 Å². The van der Waals surface area contributed by atoms with Gasteiger partial charge in [-0.05, 0) is 25.7 Å². The van der Waals surface area contributed by atoms with Gasteiger partial charge in [0.2, 0.25) is 0 Å². The molecule has 0 atom stereocenters. The lowest BCUT2D eigenvalue weighted by Crippen LogP contribution is -2.48. The van der Waals surface area contributed by atoms with Crippen LogP contribution in [0.1, 0.15) is 32.6 Å². The molecule has 18 heteroatoms. The molecular formula is C13H20F10N2O4S2. The molecule has 0 aromatic heterocycles. The highest BCUT2D eigenvalue weighted by molar-refractivity contribution is 8.13. The summed E-state index contributed by atoms with van der Waals surface area (Å²) >= 11 is 0. The van der Waals surface area contributed by atoms with E-state index in [1.807, 2.05) is 0 Å². The molecule has 0 bridgehead atoms. The lowest BCUT2D eigenvalue weighted by molar-refractivity contribution is -0.914. The van der Waals surface area contributed by atoms with Crippen molar-refractivity contribution in [3.8, 4) is 0 Å². The second-order valence-electron chi connectivity index (χ2n) is 6.90. The number of hydrogen-bond donors (Lipinski definition) is 0. The molecule has 0 N–H and O–H groups in total.